The lowest BCUT2D eigenvalue weighted by Crippen LogP contribution is -2.47. The second-order valence-electron chi connectivity index (χ2n) is 4.42. The van der Waals surface area contributed by atoms with Crippen molar-refractivity contribution in [3.8, 4) is 0 Å². The molecule has 0 radical (unpaired) electrons. The average molecular weight is 207 g/mol. The molecule has 0 spiro atoms. The van der Waals surface area contributed by atoms with Crippen molar-refractivity contribution < 1.29 is 4.79 Å². The van der Waals surface area contributed by atoms with Crippen LogP contribution in [-0.2, 0) is 0 Å². The summed E-state index contributed by atoms with van der Waals surface area (Å²) in [6.07, 6.45) is 4.52. The van der Waals surface area contributed by atoms with Crippen molar-refractivity contribution in [3.63, 3.8) is 0 Å². The van der Waals surface area contributed by atoms with Crippen molar-refractivity contribution in [3.05, 3.63) is 24.3 Å². The molecule has 0 aliphatic rings. The van der Waals surface area contributed by atoms with Gasteiger partial charge in [0.05, 0.1) is 6.20 Å². The van der Waals surface area contributed by atoms with Crippen molar-refractivity contribution >= 4 is 5.91 Å². The van der Waals surface area contributed by atoms with Crippen LogP contribution in [0.15, 0.2) is 18.6 Å². The summed E-state index contributed by atoms with van der Waals surface area (Å²) in [4.78, 5) is 19.6. The molecule has 0 bridgehead atoms. The third kappa shape index (κ3) is 3.01. The molecule has 0 aromatic carbocycles. The summed E-state index contributed by atoms with van der Waals surface area (Å²) in [6.45, 7) is 8.12. The van der Waals surface area contributed by atoms with Gasteiger partial charge in [-0.3, -0.25) is 9.78 Å². The van der Waals surface area contributed by atoms with Crippen LogP contribution in [0.3, 0.4) is 0 Å². The molecule has 0 saturated carbocycles. The number of nitrogens with zero attached hydrogens (tertiary/aromatic N) is 2. The summed E-state index contributed by atoms with van der Waals surface area (Å²) in [7, 11) is 0. The maximum absolute atomic E-state index is 11.8. The fourth-order valence-electron chi connectivity index (χ4n) is 0.917. The quantitative estimate of drug-likeness (QED) is 0.819. The van der Waals surface area contributed by atoms with Gasteiger partial charge in [-0.05, 0) is 19.8 Å². The van der Waals surface area contributed by atoms with Gasteiger partial charge < -0.3 is 5.32 Å². The Morgan fingerprint density at radius 1 is 1.40 bits per heavy atom. The van der Waals surface area contributed by atoms with Crippen LogP contribution in [0.4, 0.5) is 0 Å². The van der Waals surface area contributed by atoms with E-state index in [-0.39, 0.29) is 11.4 Å². The van der Waals surface area contributed by atoms with Crippen LogP contribution in [0.2, 0.25) is 0 Å². The summed E-state index contributed by atoms with van der Waals surface area (Å²) in [6, 6.07) is 0. The second-order valence-corrected chi connectivity index (χ2v) is 4.42. The first-order valence-corrected chi connectivity index (χ1v) is 5.02. The van der Waals surface area contributed by atoms with Gasteiger partial charge in [-0.2, -0.15) is 0 Å². The van der Waals surface area contributed by atoms with Gasteiger partial charge in [0.2, 0.25) is 0 Å². The van der Waals surface area contributed by atoms with E-state index in [4.69, 9.17) is 0 Å². The van der Waals surface area contributed by atoms with Crippen LogP contribution in [0.25, 0.3) is 0 Å². The molecule has 1 N–H and O–H groups in total. The maximum atomic E-state index is 11.8. The Hall–Kier alpha value is -1.45. The molecule has 0 aliphatic heterocycles. The number of amides is 1. The second kappa shape index (κ2) is 4.38. The molecule has 82 valence electrons. The number of carbonyl (C=O) groups is 1. The van der Waals surface area contributed by atoms with Crippen molar-refractivity contribution in [2.75, 3.05) is 0 Å². The van der Waals surface area contributed by atoms with E-state index in [9.17, 15) is 4.79 Å². The molecule has 1 heterocycles. The highest BCUT2D eigenvalue weighted by Gasteiger charge is 2.25. The monoisotopic (exact) mass is 207 g/mol. The Bertz CT molecular complexity index is 333. The third-order valence-corrected chi connectivity index (χ3v) is 2.67. The van der Waals surface area contributed by atoms with Crippen LogP contribution >= 0.6 is 0 Å². The Labute approximate surface area is 90.1 Å². The largest absolute Gasteiger partial charge is 0.346 e. The third-order valence-electron chi connectivity index (χ3n) is 2.67. The predicted molar refractivity (Wildman–Crippen MR) is 58.4 cm³/mol. The zero-order valence-electron chi connectivity index (χ0n) is 9.61. The molecule has 0 fully saturated rings. The molecule has 1 aromatic rings. The molecular weight excluding hydrogens is 190 g/mol. The number of carbonyl (C=O) groups excluding carboxylic acids is 1. The van der Waals surface area contributed by atoms with E-state index >= 15 is 0 Å². The van der Waals surface area contributed by atoms with E-state index in [0.29, 0.717) is 11.6 Å². The molecule has 15 heavy (non-hydrogen) atoms. The molecular formula is C11H17N3O. The number of aromatic nitrogens is 2. The molecule has 4 nitrogen and oxygen atoms in total. The van der Waals surface area contributed by atoms with Gasteiger partial charge in [0.25, 0.3) is 5.91 Å². The molecule has 1 aromatic heterocycles. The van der Waals surface area contributed by atoms with Gasteiger partial charge in [0, 0.05) is 17.9 Å². The summed E-state index contributed by atoms with van der Waals surface area (Å²) >= 11 is 0. The minimum atomic E-state index is -0.241. The minimum absolute atomic E-state index is 0.179. The fraction of sp³-hybridized carbons (Fsp3) is 0.545. The predicted octanol–water partition coefficient (Wildman–Crippen LogP) is 1.64. The van der Waals surface area contributed by atoms with Gasteiger partial charge in [-0.15, -0.1) is 0 Å². The normalized spacial score (nSPS) is 11.5. The molecule has 0 aliphatic carbocycles. The Morgan fingerprint density at radius 2 is 2.07 bits per heavy atom. The van der Waals surface area contributed by atoms with Crippen molar-refractivity contribution in [2.45, 2.75) is 33.2 Å². The highest BCUT2D eigenvalue weighted by atomic mass is 16.2. The van der Waals surface area contributed by atoms with Gasteiger partial charge in [0.15, 0.2) is 0 Å². The molecule has 0 saturated heterocycles. The van der Waals surface area contributed by atoms with Gasteiger partial charge in [0.1, 0.15) is 5.69 Å². The van der Waals surface area contributed by atoms with Crippen LogP contribution in [0, 0.1) is 5.92 Å². The highest BCUT2D eigenvalue weighted by Crippen LogP contribution is 2.15. The molecule has 0 atom stereocenters. The molecule has 1 amide bonds. The lowest BCUT2D eigenvalue weighted by Gasteiger charge is -2.30. The lowest BCUT2D eigenvalue weighted by molar-refractivity contribution is 0.0884. The van der Waals surface area contributed by atoms with E-state index in [2.05, 4.69) is 29.1 Å². The molecule has 4 heteroatoms. The number of rotatable bonds is 3. The minimum Gasteiger partial charge on any atom is -0.346 e. The average Bonchev–Trinajstić information content (AvgIpc) is 2.18. The summed E-state index contributed by atoms with van der Waals surface area (Å²) in [5.41, 5.74) is 0.112. The van der Waals surface area contributed by atoms with E-state index in [1.165, 1.54) is 12.4 Å². The van der Waals surface area contributed by atoms with Crippen LogP contribution in [-0.4, -0.2) is 21.4 Å². The van der Waals surface area contributed by atoms with Gasteiger partial charge in [-0.1, -0.05) is 13.8 Å². The number of hydrogen-bond donors (Lipinski definition) is 1. The first-order valence-electron chi connectivity index (χ1n) is 5.02. The van der Waals surface area contributed by atoms with Crippen LogP contribution in [0.5, 0.6) is 0 Å². The summed E-state index contributed by atoms with van der Waals surface area (Å²) in [5, 5.41) is 2.93. The Morgan fingerprint density at radius 3 is 2.53 bits per heavy atom. The molecule has 0 unspecified atom stereocenters. The van der Waals surface area contributed by atoms with E-state index < -0.39 is 0 Å². The highest BCUT2D eigenvalue weighted by molar-refractivity contribution is 5.92. The lowest BCUT2D eigenvalue weighted by atomic mass is 9.90. The van der Waals surface area contributed by atoms with Crippen LogP contribution < -0.4 is 5.32 Å². The van der Waals surface area contributed by atoms with Gasteiger partial charge >= 0.3 is 0 Å². The fourth-order valence-corrected chi connectivity index (χ4v) is 0.917. The maximum Gasteiger partial charge on any atom is 0.271 e. The summed E-state index contributed by atoms with van der Waals surface area (Å²) < 4.78 is 0. The Kier molecular flexibility index (Phi) is 3.39. The van der Waals surface area contributed by atoms with Crippen LogP contribution in [0.1, 0.15) is 38.2 Å². The smallest absolute Gasteiger partial charge is 0.271 e. The zero-order chi connectivity index (χ0) is 11.5. The van der Waals surface area contributed by atoms with E-state index in [1.54, 1.807) is 6.20 Å². The van der Waals surface area contributed by atoms with Gasteiger partial charge in [-0.25, -0.2) is 4.98 Å². The number of hydrogen-bond acceptors (Lipinski definition) is 3. The first kappa shape index (κ1) is 11.6. The van der Waals surface area contributed by atoms with E-state index in [1.807, 2.05) is 13.8 Å². The van der Waals surface area contributed by atoms with Crippen molar-refractivity contribution in [2.24, 2.45) is 5.92 Å². The standard InChI is InChI=1S/C11H17N3O/c1-8(2)11(3,4)14-10(15)9-7-12-5-6-13-9/h5-8H,1-4H3,(H,14,15). The SMILES string of the molecule is CC(C)C(C)(C)NC(=O)c1cnccn1. The van der Waals surface area contributed by atoms with E-state index in [0.717, 1.165) is 0 Å². The summed E-state index contributed by atoms with van der Waals surface area (Å²) in [5.74, 6) is 0.180. The first-order chi connectivity index (χ1) is 6.93. The molecule has 1 rings (SSSR count). The number of nitrogens with one attached hydrogen (secondary N) is 1. The topological polar surface area (TPSA) is 54.9 Å². The Balaban J connectivity index is 2.73. The van der Waals surface area contributed by atoms with Crippen molar-refractivity contribution in [1.82, 2.24) is 15.3 Å². The van der Waals surface area contributed by atoms with Crippen molar-refractivity contribution in [1.29, 1.82) is 0 Å². The zero-order valence-corrected chi connectivity index (χ0v) is 9.61.